The monoisotopic (exact) mass is 272 g/mol. The van der Waals surface area contributed by atoms with Crippen LogP contribution >= 0.6 is 22.9 Å². The van der Waals surface area contributed by atoms with Crippen molar-refractivity contribution in [1.29, 1.82) is 0 Å². The number of phenols is 1. The van der Waals surface area contributed by atoms with Crippen molar-refractivity contribution in [3.63, 3.8) is 0 Å². The molecule has 0 radical (unpaired) electrons. The van der Waals surface area contributed by atoms with Crippen LogP contribution in [0.3, 0.4) is 0 Å². The molecule has 0 saturated carbocycles. The number of nitrogens with zero attached hydrogens (tertiary/aromatic N) is 1. The molecule has 0 aliphatic carbocycles. The number of fused-ring (bicyclic) bond motifs is 1. The molecule has 0 bridgehead atoms. The summed E-state index contributed by atoms with van der Waals surface area (Å²) in [6.45, 7) is 0. The van der Waals surface area contributed by atoms with Gasteiger partial charge in [-0.05, 0) is 6.07 Å². The Labute approximate surface area is 106 Å². The predicted molar refractivity (Wildman–Crippen MR) is 67.6 cm³/mol. The molecule has 0 aliphatic rings. The van der Waals surface area contributed by atoms with E-state index in [1.54, 1.807) is 12.1 Å². The highest BCUT2D eigenvalue weighted by Gasteiger charge is 2.15. The summed E-state index contributed by atoms with van der Waals surface area (Å²) in [6.07, 6.45) is 0. The summed E-state index contributed by atoms with van der Waals surface area (Å²) in [7, 11) is 1.44. The fourth-order valence-corrected chi connectivity index (χ4v) is 2.74. The zero-order valence-corrected chi connectivity index (χ0v) is 10.3. The van der Waals surface area contributed by atoms with E-state index in [1.807, 2.05) is 0 Å². The van der Waals surface area contributed by atoms with Crippen molar-refractivity contribution in [3.8, 4) is 11.5 Å². The first-order chi connectivity index (χ1) is 8.08. The number of hydrogen-bond donors (Lipinski definition) is 3. The first-order valence-electron chi connectivity index (χ1n) is 4.55. The van der Waals surface area contributed by atoms with Gasteiger partial charge < -0.3 is 20.8 Å². The van der Waals surface area contributed by atoms with E-state index in [1.165, 1.54) is 18.4 Å². The third kappa shape index (κ3) is 1.85. The zero-order valence-electron chi connectivity index (χ0n) is 8.77. The van der Waals surface area contributed by atoms with E-state index in [0.717, 1.165) is 4.70 Å². The molecular weight excluding hydrogens is 264 g/mol. The highest BCUT2D eigenvalue weighted by Crippen LogP contribution is 2.43. The van der Waals surface area contributed by atoms with Crippen LogP contribution in [0.4, 0.5) is 0 Å². The number of nitrogens with two attached hydrogens (primary N) is 1. The standard InChI is InChI=1S/C10H9ClN2O3S/c1-16-5-3-6-4(8(11)9(5)14)2-7(17-6)10(12)13-15/h2-3,14-15H,1H3,(H2,12,13). The van der Waals surface area contributed by atoms with Crippen molar-refractivity contribution in [3.05, 3.63) is 22.0 Å². The molecule has 1 aromatic carbocycles. The molecule has 0 spiro atoms. The van der Waals surface area contributed by atoms with Crippen molar-refractivity contribution in [1.82, 2.24) is 0 Å². The lowest BCUT2D eigenvalue weighted by Crippen LogP contribution is -2.10. The molecule has 2 aromatic rings. The molecule has 0 atom stereocenters. The van der Waals surface area contributed by atoms with Gasteiger partial charge in [0.05, 0.1) is 17.0 Å². The van der Waals surface area contributed by atoms with Crippen molar-refractivity contribution >= 4 is 38.9 Å². The van der Waals surface area contributed by atoms with Crippen LogP contribution < -0.4 is 10.5 Å². The number of rotatable bonds is 2. The zero-order chi connectivity index (χ0) is 12.6. The molecule has 17 heavy (non-hydrogen) atoms. The fourth-order valence-electron chi connectivity index (χ4n) is 1.44. The SMILES string of the molecule is COc1cc2sc(/C(N)=N\O)cc2c(Cl)c1O. The van der Waals surface area contributed by atoms with Crippen LogP contribution in [0.2, 0.25) is 5.02 Å². The summed E-state index contributed by atoms with van der Waals surface area (Å²) < 4.78 is 5.77. The van der Waals surface area contributed by atoms with Gasteiger partial charge in [0.25, 0.3) is 0 Å². The second-order valence-corrected chi connectivity index (χ2v) is 4.71. The number of thiophene rings is 1. The quantitative estimate of drug-likeness (QED) is 0.339. The van der Waals surface area contributed by atoms with E-state index in [0.29, 0.717) is 10.3 Å². The smallest absolute Gasteiger partial charge is 0.180 e. The minimum Gasteiger partial charge on any atom is -0.503 e. The molecule has 1 heterocycles. The van der Waals surface area contributed by atoms with Crippen LogP contribution in [0, 0.1) is 0 Å². The minimum atomic E-state index is -0.120. The number of oxime groups is 1. The first kappa shape index (κ1) is 11.8. The van der Waals surface area contributed by atoms with Crippen LogP contribution in [-0.4, -0.2) is 23.3 Å². The van der Waals surface area contributed by atoms with Crippen LogP contribution in [0.15, 0.2) is 17.3 Å². The molecule has 0 amide bonds. The highest BCUT2D eigenvalue weighted by atomic mass is 35.5. The van der Waals surface area contributed by atoms with Gasteiger partial charge >= 0.3 is 0 Å². The number of ether oxygens (including phenoxy) is 1. The summed E-state index contributed by atoms with van der Waals surface area (Å²) in [5.74, 6) is 0.168. The highest BCUT2D eigenvalue weighted by molar-refractivity contribution is 7.21. The van der Waals surface area contributed by atoms with Crippen LogP contribution in [0.1, 0.15) is 4.88 Å². The molecule has 0 fully saturated rings. The minimum absolute atomic E-state index is 0.000670. The maximum absolute atomic E-state index is 9.74. The average Bonchev–Trinajstić information content (AvgIpc) is 2.76. The van der Waals surface area contributed by atoms with Gasteiger partial charge in [0.2, 0.25) is 0 Å². The Balaban J connectivity index is 2.73. The van der Waals surface area contributed by atoms with Crippen LogP contribution in [-0.2, 0) is 0 Å². The lowest BCUT2D eigenvalue weighted by Gasteiger charge is -2.05. The second kappa shape index (κ2) is 4.31. The van der Waals surface area contributed by atoms with Gasteiger partial charge in [0.1, 0.15) is 0 Å². The molecule has 5 nitrogen and oxygen atoms in total. The number of halogens is 1. The topological polar surface area (TPSA) is 88.1 Å². The number of benzene rings is 1. The van der Waals surface area contributed by atoms with Crippen molar-refractivity contribution in [2.75, 3.05) is 7.11 Å². The van der Waals surface area contributed by atoms with E-state index < -0.39 is 0 Å². The van der Waals surface area contributed by atoms with E-state index in [9.17, 15) is 5.11 Å². The molecular formula is C10H9ClN2O3S. The summed E-state index contributed by atoms with van der Waals surface area (Å²) in [5.41, 5.74) is 5.49. The van der Waals surface area contributed by atoms with Crippen LogP contribution in [0.5, 0.6) is 11.5 Å². The van der Waals surface area contributed by atoms with Gasteiger partial charge in [-0.3, -0.25) is 0 Å². The third-order valence-corrected chi connectivity index (χ3v) is 3.77. The summed E-state index contributed by atoms with van der Waals surface area (Å²) in [4.78, 5) is 0.567. The van der Waals surface area contributed by atoms with Gasteiger partial charge in [0.15, 0.2) is 17.3 Å². The van der Waals surface area contributed by atoms with E-state index in [2.05, 4.69) is 5.16 Å². The van der Waals surface area contributed by atoms with Crippen molar-refractivity contribution in [2.24, 2.45) is 10.9 Å². The number of hydrogen-bond acceptors (Lipinski definition) is 5. The lowest BCUT2D eigenvalue weighted by atomic mass is 10.2. The number of amidine groups is 1. The molecule has 0 unspecified atom stereocenters. The Bertz CT molecular complexity index is 609. The first-order valence-corrected chi connectivity index (χ1v) is 5.74. The van der Waals surface area contributed by atoms with Gasteiger partial charge in [-0.15, -0.1) is 11.3 Å². The van der Waals surface area contributed by atoms with Crippen molar-refractivity contribution in [2.45, 2.75) is 0 Å². The van der Waals surface area contributed by atoms with Crippen molar-refractivity contribution < 1.29 is 15.1 Å². The van der Waals surface area contributed by atoms with Gasteiger partial charge in [-0.2, -0.15) is 0 Å². The Hall–Kier alpha value is -1.66. The second-order valence-electron chi connectivity index (χ2n) is 3.25. The molecule has 0 aliphatic heterocycles. The van der Waals surface area contributed by atoms with E-state index >= 15 is 0 Å². The predicted octanol–water partition coefficient (Wildman–Crippen LogP) is 2.36. The maximum atomic E-state index is 9.74. The number of aromatic hydroxyl groups is 1. The van der Waals surface area contributed by atoms with Gasteiger partial charge in [-0.25, -0.2) is 0 Å². The molecule has 0 saturated heterocycles. The molecule has 90 valence electrons. The summed E-state index contributed by atoms with van der Waals surface area (Å²) in [5, 5.41) is 22.1. The largest absolute Gasteiger partial charge is 0.503 e. The maximum Gasteiger partial charge on any atom is 0.180 e. The summed E-state index contributed by atoms with van der Waals surface area (Å²) in [6, 6.07) is 3.30. The molecule has 2 rings (SSSR count). The van der Waals surface area contributed by atoms with E-state index in [-0.39, 0.29) is 22.4 Å². The molecule has 4 N–H and O–H groups in total. The normalized spacial score (nSPS) is 12.0. The Kier molecular flexibility index (Phi) is 2.99. The van der Waals surface area contributed by atoms with E-state index in [4.69, 9.17) is 27.3 Å². The average molecular weight is 273 g/mol. The molecule has 1 aromatic heterocycles. The number of methoxy groups -OCH3 is 1. The van der Waals surface area contributed by atoms with Gasteiger partial charge in [-0.1, -0.05) is 16.8 Å². The number of phenolic OH excluding ortho intramolecular Hbond substituents is 1. The van der Waals surface area contributed by atoms with Gasteiger partial charge in [0, 0.05) is 16.2 Å². The van der Waals surface area contributed by atoms with Crippen LogP contribution in [0.25, 0.3) is 10.1 Å². The summed E-state index contributed by atoms with van der Waals surface area (Å²) >= 11 is 7.30. The Morgan fingerprint density at radius 1 is 1.53 bits per heavy atom. The molecule has 7 heteroatoms. The lowest BCUT2D eigenvalue weighted by molar-refractivity contribution is 0.319. The third-order valence-electron chi connectivity index (χ3n) is 2.28. The Morgan fingerprint density at radius 3 is 2.82 bits per heavy atom. The fraction of sp³-hybridized carbons (Fsp3) is 0.100. The Morgan fingerprint density at radius 2 is 2.24 bits per heavy atom.